The van der Waals surface area contributed by atoms with Gasteiger partial charge in [-0.25, -0.2) is 0 Å². The molecule has 0 saturated heterocycles. The molecule has 0 radical (unpaired) electrons. The van der Waals surface area contributed by atoms with Crippen LogP contribution in [0.1, 0.15) is 12.5 Å². The molecule has 0 unspecified atom stereocenters. The van der Waals surface area contributed by atoms with Crippen LogP contribution >= 0.6 is 0 Å². The molecule has 0 aromatic heterocycles. The Hall–Kier alpha value is -3.14. The van der Waals surface area contributed by atoms with E-state index >= 15 is 0 Å². The average Bonchev–Trinajstić information content (AvgIpc) is 2.67. The summed E-state index contributed by atoms with van der Waals surface area (Å²) in [6.45, 7) is 1.60. The van der Waals surface area contributed by atoms with Crippen LogP contribution in [0.3, 0.4) is 0 Å². The van der Waals surface area contributed by atoms with E-state index in [1.54, 1.807) is 14.0 Å². The molecule has 3 aromatic carbocycles. The predicted octanol–water partition coefficient (Wildman–Crippen LogP) is 3.98. The lowest BCUT2D eigenvalue weighted by Gasteiger charge is -2.21. The Morgan fingerprint density at radius 1 is 0.923 bits per heavy atom. The van der Waals surface area contributed by atoms with E-state index in [0.29, 0.717) is 0 Å². The molecule has 3 aromatic rings. The summed E-state index contributed by atoms with van der Waals surface area (Å²) in [5.41, 5.74) is 1.65. The van der Waals surface area contributed by atoms with Gasteiger partial charge in [0.2, 0.25) is 0 Å². The molecule has 0 N–H and O–H groups in total. The Morgan fingerprint density at radius 3 is 2.35 bits per heavy atom. The third kappa shape index (κ3) is 3.91. The van der Waals surface area contributed by atoms with E-state index in [4.69, 9.17) is 4.74 Å². The van der Waals surface area contributed by atoms with Gasteiger partial charge in [-0.1, -0.05) is 60.7 Å². The average molecular weight is 347 g/mol. The summed E-state index contributed by atoms with van der Waals surface area (Å²) in [4.78, 5) is 26.3. The largest absolute Gasteiger partial charge is 0.452 e. The number of benzene rings is 3. The maximum absolute atomic E-state index is 12.5. The summed E-state index contributed by atoms with van der Waals surface area (Å²) in [6.07, 6.45) is -0.712. The van der Waals surface area contributed by atoms with E-state index in [9.17, 15) is 9.59 Å². The number of likely N-dealkylation sites (N-methyl/N-ethyl adjacent to an activating group) is 1. The van der Waals surface area contributed by atoms with Crippen LogP contribution in [0.4, 0.5) is 5.69 Å². The maximum atomic E-state index is 12.5. The molecule has 0 fully saturated rings. The van der Waals surface area contributed by atoms with Crippen molar-refractivity contribution in [2.45, 2.75) is 19.4 Å². The van der Waals surface area contributed by atoms with Crippen LogP contribution in [0.15, 0.2) is 72.8 Å². The third-order valence-corrected chi connectivity index (χ3v) is 4.34. The number of ether oxygens (including phenoxy) is 1. The van der Waals surface area contributed by atoms with Gasteiger partial charge in [-0.15, -0.1) is 0 Å². The molecule has 0 aliphatic heterocycles. The zero-order valence-corrected chi connectivity index (χ0v) is 14.9. The number of nitrogens with zero attached hydrogens (tertiary/aromatic N) is 1. The second-order valence-electron chi connectivity index (χ2n) is 6.18. The monoisotopic (exact) mass is 347 g/mol. The topological polar surface area (TPSA) is 46.6 Å². The molecule has 0 saturated carbocycles. The van der Waals surface area contributed by atoms with Crippen LogP contribution in [0.25, 0.3) is 10.8 Å². The Morgan fingerprint density at radius 2 is 1.58 bits per heavy atom. The van der Waals surface area contributed by atoms with Gasteiger partial charge in [-0.2, -0.15) is 0 Å². The van der Waals surface area contributed by atoms with E-state index in [1.165, 1.54) is 4.90 Å². The lowest BCUT2D eigenvalue weighted by molar-refractivity contribution is -0.153. The molecule has 0 heterocycles. The molecule has 0 aliphatic carbocycles. The van der Waals surface area contributed by atoms with Crippen molar-refractivity contribution in [2.75, 3.05) is 11.9 Å². The van der Waals surface area contributed by atoms with Crippen molar-refractivity contribution in [3.05, 3.63) is 78.4 Å². The number of carbonyl (C=O) groups is 2. The fourth-order valence-corrected chi connectivity index (χ4v) is 2.94. The molecular weight excluding hydrogens is 326 g/mol. The third-order valence-electron chi connectivity index (χ3n) is 4.34. The number of fused-ring (bicyclic) bond motifs is 1. The van der Waals surface area contributed by atoms with Crippen LogP contribution < -0.4 is 4.90 Å². The molecule has 1 amide bonds. The van der Waals surface area contributed by atoms with Gasteiger partial charge >= 0.3 is 5.97 Å². The molecule has 26 heavy (non-hydrogen) atoms. The summed E-state index contributed by atoms with van der Waals surface area (Å²) in [5.74, 6) is -0.675. The lowest BCUT2D eigenvalue weighted by Crippen LogP contribution is -2.37. The van der Waals surface area contributed by atoms with Gasteiger partial charge in [0.25, 0.3) is 5.91 Å². The maximum Gasteiger partial charge on any atom is 0.311 e. The van der Waals surface area contributed by atoms with E-state index in [1.807, 2.05) is 72.8 Å². The summed E-state index contributed by atoms with van der Waals surface area (Å²) in [6, 6.07) is 23.0. The second-order valence-corrected chi connectivity index (χ2v) is 6.18. The minimum Gasteiger partial charge on any atom is -0.452 e. The van der Waals surface area contributed by atoms with E-state index < -0.39 is 12.1 Å². The van der Waals surface area contributed by atoms with Gasteiger partial charge < -0.3 is 9.64 Å². The van der Waals surface area contributed by atoms with Gasteiger partial charge in [0.1, 0.15) is 0 Å². The smallest absolute Gasteiger partial charge is 0.311 e. The van der Waals surface area contributed by atoms with E-state index in [0.717, 1.165) is 22.0 Å². The van der Waals surface area contributed by atoms with Crippen molar-refractivity contribution in [3.8, 4) is 0 Å². The fraction of sp³-hybridized carbons (Fsp3) is 0.182. The fourth-order valence-electron chi connectivity index (χ4n) is 2.94. The normalized spacial score (nSPS) is 11.8. The minimum absolute atomic E-state index is 0.133. The molecule has 1 atom stereocenters. The Kier molecular flexibility index (Phi) is 5.32. The van der Waals surface area contributed by atoms with Crippen molar-refractivity contribution in [1.82, 2.24) is 0 Å². The molecule has 132 valence electrons. The highest BCUT2D eigenvalue weighted by Crippen LogP contribution is 2.20. The summed E-state index contributed by atoms with van der Waals surface area (Å²) in [7, 11) is 1.67. The Labute approximate surface area is 153 Å². The minimum atomic E-state index is -0.845. The summed E-state index contributed by atoms with van der Waals surface area (Å²) in [5, 5.41) is 2.10. The highest BCUT2D eigenvalue weighted by Gasteiger charge is 2.22. The van der Waals surface area contributed by atoms with Crippen molar-refractivity contribution < 1.29 is 14.3 Å². The van der Waals surface area contributed by atoms with Gasteiger partial charge in [-0.05, 0) is 35.4 Å². The van der Waals surface area contributed by atoms with Gasteiger partial charge in [-0.3, -0.25) is 9.59 Å². The quantitative estimate of drug-likeness (QED) is 0.656. The van der Waals surface area contributed by atoms with Crippen LogP contribution in [0.5, 0.6) is 0 Å². The number of rotatable bonds is 5. The zero-order chi connectivity index (χ0) is 18.5. The lowest BCUT2D eigenvalue weighted by atomic mass is 10.0. The number of carbonyl (C=O) groups excluding carboxylic acids is 2. The van der Waals surface area contributed by atoms with Gasteiger partial charge in [0.05, 0.1) is 6.42 Å². The summed E-state index contributed by atoms with van der Waals surface area (Å²) < 4.78 is 5.38. The number of hydrogen-bond acceptors (Lipinski definition) is 3. The van der Waals surface area contributed by atoms with Crippen molar-refractivity contribution in [2.24, 2.45) is 0 Å². The molecule has 4 heteroatoms. The number of amides is 1. The molecule has 0 aliphatic rings. The van der Waals surface area contributed by atoms with E-state index in [2.05, 4.69) is 0 Å². The first-order valence-corrected chi connectivity index (χ1v) is 8.55. The first-order valence-electron chi connectivity index (χ1n) is 8.55. The first kappa shape index (κ1) is 17.7. The molecule has 0 spiro atoms. The van der Waals surface area contributed by atoms with Crippen LogP contribution in [0.2, 0.25) is 0 Å². The highest BCUT2D eigenvalue weighted by molar-refractivity contribution is 5.97. The van der Waals surface area contributed by atoms with Crippen LogP contribution in [-0.4, -0.2) is 25.0 Å². The Bertz CT molecular complexity index is 916. The molecular formula is C22H21NO3. The second kappa shape index (κ2) is 7.83. The first-order chi connectivity index (χ1) is 12.6. The zero-order valence-electron chi connectivity index (χ0n) is 14.9. The number of esters is 1. The van der Waals surface area contributed by atoms with Gasteiger partial charge in [0, 0.05) is 12.7 Å². The van der Waals surface area contributed by atoms with Gasteiger partial charge in [0.15, 0.2) is 6.10 Å². The molecule has 0 bridgehead atoms. The van der Waals surface area contributed by atoms with Crippen molar-refractivity contribution in [3.63, 3.8) is 0 Å². The SMILES string of the molecule is C[C@H](OC(=O)Cc1cccc2ccccc12)C(=O)N(C)c1ccccc1. The van der Waals surface area contributed by atoms with Crippen LogP contribution in [0, 0.1) is 0 Å². The Balaban J connectivity index is 1.66. The molecule has 3 rings (SSSR count). The van der Waals surface area contributed by atoms with Crippen molar-refractivity contribution >= 4 is 28.3 Å². The predicted molar refractivity (Wildman–Crippen MR) is 103 cm³/mol. The number of hydrogen-bond donors (Lipinski definition) is 0. The van der Waals surface area contributed by atoms with Crippen LogP contribution in [-0.2, 0) is 20.7 Å². The van der Waals surface area contributed by atoms with Crippen molar-refractivity contribution in [1.29, 1.82) is 0 Å². The highest BCUT2D eigenvalue weighted by atomic mass is 16.5. The summed E-state index contributed by atoms with van der Waals surface area (Å²) >= 11 is 0. The van der Waals surface area contributed by atoms with E-state index in [-0.39, 0.29) is 12.3 Å². The molecule has 4 nitrogen and oxygen atoms in total. The number of anilines is 1. The standard InChI is InChI=1S/C22H21NO3/c1-16(22(25)23(2)19-12-4-3-5-13-19)26-21(24)15-18-11-8-10-17-9-6-7-14-20(17)18/h3-14,16H,15H2,1-2H3/t16-/m0/s1. The number of para-hydroxylation sites is 1.